The molecule has 1 amide bonds. The Morgan fingerprint density at radius 2 is 2.38 bits per heavy atom. The summed E-state index contributed by atoms with van der Waals surface area (Å²) in [4.78, 5) is 16.0. The molecule has 0 saturated carbocycles. The van der Waals surface area contributed by atoms with Crippen molar-refractivity contribution in [1.82, 2.24) is 15.2 Å². The molecule has 0 aliphatic carbocycles. The van der Waals surface area contributed by atoms with Crippen LogP contribution in [0.4, 0.5) is 0 Å². The van der Waals surface area contributed by atoms with Crippen LogP contribution in [0.2, 0.25) is 0 Å². The number of hydrogen-bond acceptors (Lipinski definition) is 4. The molecule has 0 aromatic carbocycles. The Kier molecular flexibility index (Phi) is 5.18. The van der Waals surface area contributed by atoms with Crippen LogP contribution in [0.3, 0.4) is 0 Å². The molecule has 0 spiro atoms. The number of likely N-dealkylation sites (tertiary alicyclic amines) is 1. The van der Waals surface area contributed by atoms with Crippen molar-refractivity contribution in [2.45, 2.75) is 25.8 Å². The van der Waals surface area contributed by atoms with Crippen molar-refractivity contribution < 1.29 is 4.79 Å². The Bertz CT molecular complexity index is 234. The molecule has 1 aliphatic rings. The van der Waals surface area contributed by atoms with E-state index in [1.807, 2.05) is 14.0 Å². The van der Waals surface area contributed by atoms with Gasteiger partial charge in [-0.05, 0) is 39.4 Å². The normalized spacial score (nSPS) is 23.7. The smallest absolute Gasteiger partial charge is 0.251 e. The van der Waals surface area contributed by atoms with Crippen molar-refractivity contribution in [2.75, 3.05) is 33.7 Å². The highest BCUT2D eigenvalue weighted by atomic mass is 16.2. The van der Waals surface area contributed by atoms with Gasteiger partial charge < -0.3 is 4.90 Å². The number of carbonyl (C=O) groups excluding carboxylic acids is 1. The van der Waals surface area contributed by atoms with Gasteiger partial charge >= 0.3 is 0 Å². The summed E-state index contributed by atoms with van der Waals surface area (Å²) in [7, 11) is 4.14. The van der Waals surface area contributed by atoms with Gasteiger partial charge in [0, 0.05) is 13.1 Å². The van der Waals surface area contributed by atoms with E-state index < -0.39 is 0 Å². The maximum atomic E-state index is 11.5. The molecule has 1 heterocycles. The van der Waals surface area contributed by atoms with Gasteiger partial charge in [-0.1, -0.05) is 6.92 Å². The highest BCUT2D eigenvalue weighted by molar-refractivity contribution is 5.80. The number of rotatable bonds is 5. The number of nitrogens with one attached hydrogen (secondary N) is 1. The van der Waals surface area contributed by atoms with Gasteiger partial charge in [-0.15, -0.1) is 0 Å². The number of hydrazine groups is 1. The van der Waals surface area contributed by atoms with Gasteiger partial charge in [-0.25, -0.2) is 5.84 Å². The summed E-state index contributed by atoms with van der Waals surface area (Å²) in [6.07, 6.45) is 2.02. The second kappa shape index (κ2) is 6.18. The van der Waals surface area contributed by atoms with Gasteiger partial charge in [-0.3, -0.25) is 15.1 Å². The van der Waals surface area contributed by atoms with Crippen LogP contribution in [0.1, 0.15) is 19.8 Å². The first-order valence-electron chi connectivity index (χ1n) is 5.97. The van der Waals surface area contributed by atoms with E-state index in [1.54, 1.807) is 0 Å². The number of nitrogens with zero attached hydrogens (tertiary/aromatic N) is 2. The van der Waals surface area contributed by atoms with Crippen LogP contribution in [0.15, 0.2) is 0 Å². The van der Waals surface area contributed by atoms with Gasteiger partial charge in [-0.2, -0.15) is 0 Å². The zero-order valence-electron chi connectivity index (χ0n) is 10.6. The number of carbonyl (C=O) groups is 1. The van der Waals surface area contributed by atoms with Gasteiger partial charge in [0.1, 0.15) is 0 Å². The molecule has 2 atom stereocenters. The minimum absolute atomic E-state index is 0.0867. The predicted molar refractivity (Wildman–Crippen MR) is 64.6 cm³/mol. The highest BCUT2D eigenvalue weighted by Gasteiger charge is 2.26. The molecule has 0 aromatic heterocycles. The van der Waals surface area contributed by atoms with Crippen molar-refractivity contribution in [3.63, 3.8) is 0 Å². The fraction of sp³-hybridized carbons (Fsp3) is 0.909. The van der Waals surface area contributed by atoms with Crippen LogP contribution in [-0.4, -0.2) is 55.5 Å². The lowest BCUT2D eigenvalue weighted by molar-refractivity contribution is -0.126. The van der Waals surface area contributed by atoms with E-state index >= 15 is 0 Å². The average Bonchev–Trinajstić information content (AvgIpc) is 2.64. The lowest BCUT2D eigenvalue weighted by Crippen LogP contribution is -2.48. The van der Waals surface area contributed by atoms with Gasteiger partial charge in [0.2, 0.25) is 0 Å². The summed E-state index contributed by atoms with van der Waals surface area (Å²) in [5.41, 5.74) is 2.24. The number of hydrogen-bond donors (Lipinski definition) is 2. The summed E-state index contributed by atoms with van der Waals surface area (Å²) in [5, 5.41) is 0. The highest BCUT2D eigenvalue weighted by Crippen LogP contribution is 2.16. The summed E-state index contributed by atoms with van der Waals surface area (Å²) < 4.78 is 0. The fourth-order valence-electron chi connectivity index (χ4n) is 2.50. The van der Waals surface area contributed by atoms with Crippen LogP contribution in [-0.2, 0) is 4.79 Å². The maximum absolute atomic E-state index is 11.5. The van der Waals surface area contributed by atoms with E-state index in [2.05, 4.69) is 22.3 Å². The molecular weight excluding hydrogens is 204 g/mol. The Morgan fingerprint density at radius 1 is 1.69 bits per heavy atom. The third kappa shape index (κ3) is 3.43. The van der Waals surface area contributed by atoms with Crippen molar-refractivity contribution in [3.8, 4) is 0 Å². The average molecular weight is 228 g/mol. The van der Waals surface area contributed by atoms with Crippen LogP contribution >= 0.6 is 0 Å². The third-order valence-electron chi connectivity index (χ3n) is 3.40. The van der Waals surface area contributed by atoms with Crippen molar-refractivity contribution in [2.24, 2.45) is 11.8 Å². The maximum Gasteiger partial charge on any atom is 0.251 e. The van der Waals surface area contributed by atoms with E-state index in [0.29, 0.717) is 5.92 Å². The number of nitrogens with two attached hydrogens (primary N) is 1. The number of amides is 1. The fourth-order valence-corrected chi connectivity index (χ4v) is 2.50. The molecule has 0 bridgehead atoms. The van der Waals surface area contributed by atoms with Gasteiger partial charge in [0.05, 0.1) is 6.04 Å². The molecule has 2 unspecified atom stereocenters. The monoisotopic (exact) mass is 228 g/mol. The first kappa shape index (κ1) is 13.4. The second-order valence-electron chi connectivity index (χ2n) is 4.79. The van der Waals surface area contributed by atoms with E-state index in [0.717, 1.165) is 19.5 Å². The van der Waals surface area contributed by atoms with Crippen molar-refractivity contribution in [1.29, 1.82) is 0 Å². The molecule has 1 rings (SSSR count). The molecule has 5 nitrogen and oxygen atoms in total. The molecular formula is C11H24N4O. The summed E-state index contributed by atoms with van der Waals surface area (Å²) in [5.74, 6) is 5.77. The minimum Gasteiger partial charge on any atom is -0.306 e. The second-order valence-corrected chi connectivity index (χ2v) is 4.79. The molecule has 0 radical (unpaired) electrons. The van der Waals surface area contributed by atoms with Crippen LogP contribution < -0.4 is 11.3 Å². The first-order chi connectivity index (χ1) is 7.58. The first-order valence-corrected chi connectivity index (χ1v) is 5.97. The zero-order valence-corrected chi connectivity index (χ0v) is 10.6. The van der Waals surface area contributed by atoms with Crippen LogP contribution in [0.25, 0.3) is 0 Å². The van der Waals surface area contributed by atoms with Gasteiger partial charge in [0.15, 0.2) is 0 Å². The molecule has 0 aromatic rings. The molecule has 16 heavy (non-hydrogen) atoms. The quantitative estimate of drug-likeness (QED) is 0.383. The summed E-state index contributed by atoms with van der Waals surface area (Å²) in [6, 6.07) is -0.101. The molecule has 1 fully saturated rings. The summed E-state index contributed by atoms with van der Waals surface area (Å²) in [6.45, 7) is 5.27. The topological polar surface area (TPSA) is 61.6 Å². The Hall–Kier alpha value is -0.650. The van der Waals surface area contributed by atoms with E-state index in [1.165, 1.54) is 13.0 Å². The van der Waals surface area contributed by atoms with Crippen molar-refractivity contribution in [3.05, 3.63) is 0 Å². The molecule has 1 saturated heterocycles. The lowest BCUT2D eigenvalue weighted by Gasteiger charge is -2.27. The van der Waals surface area contributed by atoms with Crippen molar-refractivity contribution >= 4 is 5.91 Å². The van der Waals surface area contributed by atoms with Crippen LogP contribution in [0, 0.1) is 5.92 Å². The van der Waals surface area contributed by atoms with Gasteiger partial charge in [0.25, 0.3) is 5.91 Å². The SMILES string of the molecule is CCC(C(=O)NN)N(C)CC1CCN(C)C1. The predicted octanol–water partition coefficient (Wildman–Crippen LogP) is -0.362. The third-order valence-corrected chi connectivity index (χ3v) is 3.40. The molecule has 3 N–H and O–H groups in total. The standard InChI is InChI=1S/C11H24N4O/c1-4-10(11(16)13-12)15(3)8-9-5-6-14(2)7-9/h9-10H,4-8,12H2,1-3H3,(H,13,16). The Morgan fingerprint density at radius 3 is 2.81 bits per heavy atom. The zero-order chi connectivity index (χ0) is 12.1. The van der Waals surface area contributed by atoms with Crippen LogP contribution in [0.5, 0.6) is 0 Å². The molecule has 5 heteroatoms. The Labute approximate surface area is 97.9 Å². The van der Waals surface area contributed by atoms with E-state index in [4.69, 9.17) is 5.84 Å². The molecule has 94 valence electrons. The van der Waals surface area contributed by atoms with E-state index in [9.17, 15) is 4.79 Å². The number of likely N-dealkylation sites (N-methyl/N-ethyl adjacent to an activating group) is 1. The van der Waals surface area contributed by atoms with E-state index in [-0.39, 0.29) is 11.9 Å². The summed E-state index contributed by atoms with van der Waals surface area (Å²) >= 11 is 0. The largest absolute Gasteiger partial charge is 0.306 e. The minimum atomic E-state index is -0.101. The Balaban J connectivity index is 2.43. The molecule has 1 aliphatic heterocycles. The lowest BCUT2D eigenvalue weighted by atomic mass is 10.1.